The molecule has 0 bridgehead atoms. The second-order valence-electron chi connectivity index (χ2n) is 4.57. The zero-order valence-corrected chi connectivity index (χ0v) is 11.7. The molecule has 1 N–H and O–H groups in total. The van der Waals surface area contributed by atoms with Crippen molar-refractivity contribution in [3.63, 3.8) is 0 Å². The summed E-state index contributed by atoms with van der Waals surface area (Å²) in [5.41, 5.74) is 3.47. The summed E-state index contributed by atoms with van der Waals surface area (Å²) in [4.78, 5) is 11.0. The Kier molecular flexibility index (Phi) is 5.35. The second-order valence-corrected chi connectivity index (χ2v) is 4.57. The number of nitrogens with zero attached hydrogens (tertiary/aromatic N) is 3. The SMILES string of the molecule is CCCNCCc1c(C)nc(N(C)C)nc1C. The van der Waals surface area contributed by atoms with Gasteiger partial charge in [0.2, 0.25) is 5.95 Å². The first-order valence-corrected chi connectivity index (χ1v) is 6.28. The van der Waals surface area contributed by atoms with Crippen LogP contribution in [0, 0.1) is 13.8 Å². The summed E-state index contributed by atoms with van der Waals surface area (Å²) < 4.78 is 0. The fraction of sp³-hybridized carbons (Fsp3) is 0.692. The van der Waals surface area contributed by atoms with Crippen LogP contribution in [0.2, 0.25) is 0 Å². The fourth-order valence-electron chi connectivity index (χ4n) is 1.80. The molecule has 0 aliphatic carbocycles. The number of hydrogen-bond acceptors (Lipinski definition) is 4. The van der Waals surface area contributed by atoms with Gasteiger partial charge in [-0.15, -0.1) is 0 Å². The van der Waals surface area contributed by atoms with E-state index in [-0.39, 0.29) is 0 Å². The van der Waals surface area contributed by atoms with E-state index in [1.807, 2.05) is 19.0 Å². The lowest BCUT2D eigenvalue weighted by Gasteiger charge is -2.15. The van der Waals surface area contributed by atoms with Crippen molar-refractivity contribution in [1.82, 2.24) is 15.3 Å². The summed E-state index contributed by atoms with van der Waals surface area (Å²) >= 11 is 0. The van der Waals surface area contributed by atoms with E-state index in [4.69, 9.17) is 0 Å². The van der Waals surface area contributed by atoms with Crippen LogP contribution in [0.15, 0.2) is 0 Å². The van der Waals surface area contributed by atoms with E-state index in [9.17, 15) is 0 Å². The molecule has 4 heteroatoms. The molecule has 0 aliphatic rings. The molecule has 0 saturated carbocycles. The van der Waals surface area contributed by atoms with E-state index >= 15 is 0 Å². The van der Waals surface area contributed by atoms with Crippen LogP contribution in [-0.2, 0) is 6.42 Å². The van der Waals surface area contributed by atoms with E-state index in [1.165, 1.54) is 12.0 Å². The predicted octanol–water partition coefficient (Wildman–Crippen LogP) is 1.70. The molecule has 0 spiro atoms. The molecule has 0 unspecified atom stereocenters. The highest BCUT2D eigenvalue weighted by Gasteiger charge is 2.09. The number of anilines is 1. The summed E-state index contributed by atoms with van der Waals surface area (Å²) in [5, 5.41) is 3.41. The molecule has 1 heterocycles. The largest absolute Gasteiger partial charge is 0.347 e. The van der Waals surface area contributed by atoms with Crippen molar-refractivity contribution in [1.29, 1.82) is 0 Å². The van der Waals surface area contributed by atoms with Gasteiger partial charge in [-0.05, 0) is 45.3 Å². The molecular weight excluding hydrogens is 212 g/mol. The Balaban J connectivity index is 2.72. The normalized spacial score (nSPS) is 10.6. The van der Waals surface area contributed by atoms with Crippen molar-refractivity contribution in [3.8, 4) is 0 Å². The molecule has 0 fully saturated rings. The molecule has 1 aromatic rings. The number of aromatic nitrogens is 2. The minimum atomic E-state index is 0.797. The standard InChI is InChI=1S/C13H24N4/c1-6-8-14-9-7-12-10(2)15-13(17(4)5)16-11(12)3/h14H,6-9H2,1-5H3. The van der Waals surface area contributed by atoms with Crippen LogP contribution in [0.5, 0.6) is 0 Å². The molecule has 0 saturated heterocycles. The molecule has 0 aromatic carbocycles. The van der Waals surface area contributed by atoms with Gasteiger partial charge in [0.1, 0.15) is 0 Å². The Bertz CT molecular complexity index is 337. The van der Waals surface area contributed by atoms with Crippen molar-refractivity contribution in [2.45, 2.75) is 33.6 Å². The summed E-state index contributed by atoms with van der Waals surface area (Å²) in [6.45, 7) is 8.39. The lowest BCUT2D eigenvalue weighted by Crippen LogP contribution is -2.20. The molecule has 0 atom stereocenters. The molecule has 1 rings (SSSR count). The maximum absolute atomic E-state index is 4.52. The Morgan fingerprint density at radius 2 is 1.65 bits per heavy atom. The monoisotopic (exact) mass is 236 g/mol. The molecule has 17 heavy (non-hydrogen) atoms. The van der Waals surface area contributed by atoms with Crippen LogP contribution in [0.1, 0.15) is 30.3 Å². The van der Waals surface area contributed by atoms with Crippen molar-refractivity contribution < 1.29 is 0 Å². The lowest BCUT2D eigenvalue weighted by atomic mass is 10.1. The van der Waals surface area contributed by atoms with Gasteiger partial charge in [-0.3, -0.25) is 0 Å². The van der Waals surface area contributed by atoms with Crippen molar-refractivity contribution >= 4 is 5.95 Å². The summed E-state index contributed by atoms with van der Waals surface area (Å²) in [6, 6.07) is 0. The third kappa shape index (κ3) is 3.97. The zero-order valence-electron chi connectivity index (χ0n) is 11.7. The van der Waals surface area contributed by atoms with Crippen LogP contribution in [0.4, 0.5) is 5.95 Å². The first-order chi connectivity index (χ1) is 8.06. The fourth-order valence-corrected chi connectivity index (χ4v) is 1.80. The molecule has 0 radical (unpaired) electrons. The number of aryl methyl sites for hydroxylation is 2. The van der Waals surface area contributed by atoms with Gasteiger partial charge in [0.25, 0.3) is 0 Å². The average Bonchev–Trinajstić information content (AvgIpc) is 2.26. The van der Waals surface area contributed by atoms with E-state index < -0.39 is 0 Å². The van der Waals surface area contributed by atoms with Gasteiger partial charge in [-0.25, -0.2) is 9.97 Å². The highest BCUT2D eigenvalue weighted by Crippen LogP contribution is 2.14. The van der Waals surface area contributed by atoms with Crippen molar-refractivity contribution in [2.24, 2.45) is 0 Å². The first kappa shape index (κ1) is 13.9. The topological polar surface area (TPSA) is 41.1 Å². The van der Waals surface area contributed by atoms with Gasteiger partial charge >= 0.3 is 0 Å². The maximum atomic E-state index is 4.52. The van der Waals surface area contributed by atoms with Gasteiger partial charge in [0, 0.05) is 25.5 Å². The Labute approximate surface area is 104 Å². The van der Waals surface area contributed by atoms with Gasteiger partial charge in [0.05, 0.1) is 0 Å². The Hall–Kier alpha value is -1.16. The average molecular weight is 236 g/mol. The third-order valence-electron chi connectivity index (χ3n) is 2.79. The molecule has 0 amide bonds. The molecule has 96 valence electrons. The molecule has 0 aliphatic heterocycles. The van der Waals surface area contributed by atoms with E-state index in [2.05, 4.69) is 36.1 Å². The van der Waals surface area contributed by atoms with Crippen LogP contribution in [0.25, 0.3) is 0 Å². The smallest absolute Gasteiger partial charge is 0.225 e. The van der Waals surface area contributed by atoms with E-state index in [1.54, 1.807) is 0 Å². The summed E-state index contributed by atoms with van der Waals surface area (Å²) in [5.74, 6) is 0.797. The lowest BCUT2D eigenvalue weighted by molar-refractivity contribution is 0.666. The Morgan fingerprint density at radius 1 is 1.06 bits per heavy atom. The highest BCUT2D eigenvalue weighted by atomic mass is 15.2. The maximum Gasteiger partial charge on any atom is 0.225 e. The summed E-state index contributed by atoms with van der Waals surface area (Å²) in [7, 11) is 3.94. The van der Waals surface area contributed by atoms with Crippen LogP contribution >= 0.6 is 0 Å². The number of rotatable bonds is 6. The second kappa shape index (κ2) is 6.55. The van der Waals surface area contributed by atoms with Crippen LogP contribution < -0.4 is 10.2 Å². The van der Waals surface area contributed by atoms with E-state index in [0.29, 0.717) is 0 Å². The highest BCUT2D eigenvalue weighted by molar-refractivity contribution is 5.35. The van der Waals surface area contributed by atoms with Crippen LogP contribution in [0.3, 0.4) is 0 Å². The van der Waals surface area contributed by atoms with Gasteiger partial charge < -0.3 is 10.2 Å². The first-order valence-electron chi connectivity index (χ1n) is 6.28. The summed E-state index contributed by atoms with van der Waals surface area (Å²) in [6.07, 6.45) is 2.18. The van der Waals surface area contributed by atoms with Crippen LogP contribution in [-0.4, -0.2) is 37.2 Å². The number of hydrogen-bond donors (Lipinski definition) is 1. The van der Waals surface area contributed by atoms with Gasteiger partial charge in [0.15, 0.2) is 0 Å². The quantitative estimate of drug-likeness (QED) is 0.763. The number of nitrogens with one attached hydrogen (secondary N) is 1. The molecular formula is C13H24N4. The molecule has 4 nitrogen and oxygen atoms in total. The third-order valence-corrected chi connectivity index (χ3v) is 2.79. The van der Waals surface area contributed by atoms with Gasteiger partial charge in [-0.2, -0.15) is 0 Å². The van der Waals surface area contributed by atoms with Crippen molar-refractivity contribution in [2.75, 3.05) is 32.1 Å². The predicted molar refractivity (Wildman–Crippen MR) is 72.7 cm³/mol. The van der Waals surface area contributed by atoms with Gasteiger partial charge in [-0.1, -0.05) is 6.92 Å². The zero-order chi connectivity index (χ0) is 12.8. The minimum Gasteiger partial charge on any atom is -0.347 e. The van der Waals surface area contributed by atoms with E-state index in [0.717, 1.165) is 36.8 Å². The Morgan fingerprint density at radius 3 is 2.12 bits per heavy atom. The minimum absolute atomic E-state index is 0.797. The molecule has 1 aromatic heterocycles. The van der Waals surface area contributed by atoms with Crippen molar-refractivity contribution in [3.05, 3.63) is 17.0 Å².